The van der Waals surface area contributed by atoms with E-state index in [1.165, 1.54) is 29.9 Å². The predicted molar refractivity (Wildman–Crippen MR) is 156 cm³/mol. The SMILES string of the molecule is CC[C@]1(O)CN[C@@H](C(=O)NCCNC(=O)c2ccc(NC(=O)c3ncc(-c4ccc(OCC#N)c(F)c4F)n3C)cc2C)C1. The van der Waals surface area contributed by atoms with Crippen molar-refractivity contribution in [3.63, 3.8) is 0 Å². The number of nitriles is 1. The Hall–Kier alpha value is -4.87. The molecule has 12 nitrogen and oxygen atoms in total. The Labute approximate surface area is 252 Å². The van der Waals surface area contributed by atoms with Crippen molar-refractivity contribution in [3.05, 3.63) is 65.1 Å². The summed E-state index contributed by atoms with van der Waals surface area (Å²) in [7, 11) is 1.48. The van der Waals surface area contributed by atoms with Gasteiger partial charge >= 0.3 is 0 Å². The number of hydrogen-bond donors (Lipinski definition) is 5. The van der Waals surface area contributed by atoms with Crippen LogP contribution in [0.1, 0.15) is 46.3 Å². The topological polar surface area (TPSA) is 170 Å². The molecule has 0 unspecified atom stereocenters. The van der Waals surface area contributed by atoms with Gasteiger partial charge < -0.3 is 35.7 Å². The number of halogens is 2. The number of nitrogens with zero attached hydrogens (tertiary/aromatic N) is 3. The second-order valence-electron chi connectivity index (χ2n) is 10.5. The molecule has 1 saturated heterocycles. The summed E-state index contributed by atoms with van der Waals surface area (Å²) >= 11 is 0. The van der Waals surface area contributed by atoms with Gasteiger partial charge in [-0.15, -0.1) is 0 Å². The first-order chi connectivity index (χ1) is 21.0. The van der Waals surface area contributed by atoms with Crippen LogP contribution in [0.2, 0.25) is 0 Å². The maximum Gasteiger partial charge on any atom is 0.291 e. The highest BCUT2D eigenvalue weighted by Crippen LogP contribution is 2.30. The normalized spacial score (nSPS) is 17.5. The van der Waals surface area contributed by atoms with Gasteiger partial charge in [-0.25, -0.2) is 9.37 Å². The largest absolute Gasteiger partial charge is 0.476 e. The molecular formula is C30H33F2N7O5. The summed E-state index contributed by atoms with van der Waals surface area (Å²) in [5, 5.41) is 30.1. The van der Waals surface area contributed by atoms with Crippen molar-refractivity contribution >= 4 is 23.4 Å². The van der Waals surface area contributed by atoms with E-state index >= 15 is 0 Å². The van der Waals surface area contributed by atoms with Gasteiger partial charge in [0, 0.05) is 49.9 Å². The minimum Gasteiger partial charge on any atom is -0.476 e. The first-order valence-corrected chi connectivity index (χ1v) is 13.9. The average molecular weight is 610 g/mol. The molecule has 0 bridgehead atoms. The molecule has 0 radical (unpaired) electrons. The molecule has 232 valence electrons. The Kier molecular flexibility index (Phi) is 9.92. The van der Waals surface area contributed by atoms with Gasteiger partial charge in [-0.2, -0.15) is 9.65 Å². The van der Waals surface area contributed by atoms with E-state index in [1.807, 2.05) is 6.92 Å². The molecule has 3 amide bonds. The number of benzene rings is 2. The van der Waals surface area contributed by atoms with Crippen molar-refractivity contribution in [3.8, 4) is 23.1 Å². The highest BCUT2D eigenvalue weighted by Gasteiger charge is 2.38. The first-order valence-electron chi connectivity index (χ1n) is 13.9. The Morgan fingerprint density at radius 1 is 1.18 bits per heavy atom. The fraction of sp³-hybridized carbons (Fsp3) is 0.367. The highest BCUT2D eigenvalue weighted by molar-refractivity contribution is 6.03. The van der Waals surface area contributed by atoms with E-state index in [2.05, 4.69) is 26.3 Å². The van der Waals surface area contributed by atoms with Crippen molar-refractivity contribution in [2.75, 3.05) is 31.6 Å². The Balaban J connectivity index is 1.33. The number of anilines is 1. The number of aliphatic hydroxyl groups is 1. The maximum atomic E-state index is 14.8. The third kappa shape index (κ3) is 7.01. The number of hydrogen-bond acceptors (Lipinski definition) is 8. The summed E-state index contributed by atoms with van der Waals surface area (Å²) in [4.78, 5) is 42.1. The zero-order valence-corrected chi connectivity index (χ0v) is 24.5. The van der Waals surface area contributed by atoms with Gasteiger partial charge in [-0.1, -0.05) is 6.92 Å². The van der Waals surface area contributed by atoms with Crippen LogP contribution in [0.3, 0.4) is 0 Å². The Morgan fingerprint density at radius 2 is 1.93 bits per heavy atom. The van der Waals surface area contributed by atoms with Crippen molar-refractivity contribution in [2.45, 2.75) is 38.3 Å². The van der Waals surface area contributed by atoms with Crippen LogP contribution in [-0.2, 0) is 11.8 Å². The van der Waals surface area contributed by atoms with Crippen LogP contribution in [0, 0.1) is 29.9 Å². The summed E-state index contributed by atoms with van der Waals surface area (Å²) in [5.74, 6) is -4.17. The smallest absolute Gasteiger partial charge is 0.291 e. The molecule has 2 heterocycles. The van der Waals surface area contributed by atoms with Crippen LogP contribution in [0.25, 0.3) is 11.3 Å². The van der Waals surface area contributed by atoms with E-state index in [0.717, 1.165) is 0 Å². The molecule has 1 fully saturated rings. The molecule has 0 spiro atoms. The van der Waals surface area contributed by atoms with Crippen molar-refractivity contribution in [1.82, 2.24) is 25.5 Å². The molecule has 4 rings (SSSR count). The van der Waals surface area contributed by atoms with Crippen LogP contribution >= 0.6 is 0 Å². The highest BCUT2D eigenvalue weighted by atomic mass is 19.2. The number of ether oxygens (including phenoxy) is 1. The second-order valence-corrected chi connectivity index (χ2v) is 10.5. The van der Waals surface area contributed by atoms with Gasteiger partial charge in [0.15, 0.2) is 24.0 Å². The number of rotatable bonds is 11. The van der Waals surface area contributed by atoms with Crippen LogP contribution in [0.5, 0.6) is 5.75 Å². The molecule has 2 atom stereocenters. The minimum atomic E-state index is -1.26. The summed E-state index contributed by atoms with van der Waals surface area (Å²) in [6.45, 7) is 3.88. The molecule has 0 aliphatic carbocycles. The molecule has 1 aromatic heterocycles. The van der Waals surface area contributed by atoms with Gasteiger partial charge in [0.05, 0.1) is 23.5 Å². The summed E-state index contributed by atoms with van der Waals surface area (Å²) < 4.78 is 35.4. The quantitative estimate of drug-likeness (QED) is 0.206. The lowest BCUT2D eigenvalue weighted by Gasteiger charge is -2.18. The van der Waals surface area contributed by atoms with Crippen LogP contribution in [0.15, 0.2) is 36.5 Å². The Morgan fingerprint density at radius 3 is 2.61 bits per heavy atom. The van der Waals surface area contributed by atoms with Crippen molar-refractivity contribution in [2.24, 2.45) is 7.05 Å². The van der Waals surface area contributed by atoms with Gasteiger partial charge in [-0.3, -0.25) is 14.4 Å². The molecule has 1 aliphatic heterocycles. The number of aromatic nitrogens is 2. The lowest BCUT2D eigenvalue weighted by Crippen LogP contribution is -2.43. The third-order valence-electron chi connectivity index (χ3n) is 7.48. The molecule has 5 N–H and O–H groups in total. The van der Waals surface area contributed by atoms with Crippen molar-refractivity contribution < 1.29 is 33.0 Å². The fourth-order valence-corrected chi connectivity index (χ4v) is 4.88. The molecule has 14 heteroatoms. The van der Waals surface area contributed by atoms with Gasteiger partial charge in [0.1, 0.15) is 6.07 Å². The first kappa shape index (κ1) is 32.1. The number of carbonyl (C=O) groups is 3. The van der Waals surface area contributed by atoms with Crippen LogP contribution < -0.4 is 26.0 Å². The summed E-state index contributed by atoms with van der Waals surface area (Å²) in [6, 6.07) is 8.35. The molecular weight excluding hydrogens is 576 g/mol. The number of amides is 3. The second kappa shape index (κ2) is 13.6. The molecule has 3 aromatic rings. The number of nitrogens with one attached hydrogen (secondary N) is 4. The third-order valence-corrected chi connectivity index (χ3v) is 7.48. The zero-order chi connectivity index (χ0) is 32.0. The van der Waals surface area contributed by atoms with E-state index in [4.69, 9.17) is 10.00 Å². The minimum absolute atomic E-state index is 0.0710. The number of imidazole rings is 1. The number of aryl methyl sites for hydroxylation is 1. The molecule has 1 aliphatic rings. The standard InChI is InChI=1S/C30H33F2N7O5/c1-4-30(43)14-21(37-16-30)28(41)35-11-10-34-27(40)19-6-5-18(13-17(19)2)38-29(42)26-36-15-22(39(26)3)20-7-8-23(44-12-9-33)25(32)24(20)31/h5-8,13,15,21,37,43H,4,10-12,14,16H2,1-3H3,(H,34,40)(H,35,41)(H,38,42)/t21-,30-/m1/s1. The van der Waals surface area contributed by atoms with Gasteiger partial charge in [0.2, 0.25) is 11.7 Å². The summed E-state index contributed by atoms with van der Waals surface area (Å²) in [5.41, 5.74) is 0.440. The molecule has 0 saturated carbocycles. The van der Waals surface area contributed by atoms with E-state index in [9.17, 15) is 28.3 Å². The predicted octanol–water partition coefficient (Wildman–Crippen LogP) is 2.18. The van der Waals surface area contributed by atoms with E-state index < -0.39 is 41.5 Å². The monoisotopic (exact) mass is 609 g/mol. The van der Waals surface area contributed by atoms with Gasteiger partial charge in [0.25, 0.3) is 11.8 Å². The van der Waals surface area contributed by atoms with Crippen LogP contribution in [-0.4, -0.2) is 70.3 Å². The van der Waals surface area contributed by atoms with E-state index in [1.54, 1.807) is 31.2 Å². The number of carbonyl (C=O) groups excluding carboxylic acids is 3. The fourth-order valence-electron chi connectivity index (χ4n) is 4.88. The number of β-amino-alcohol motifs (C(OH)–C–C–N with tert-alkyl or cyclic N) is 1. The van der Waals surface area contributed by atoms with E-state index in [0.29, 0.717) is 36.2 Å². The van der Waals surface area contributed by atoms with Gasteiger partial charge in [-0.05, 0) is 49.2 Å². The summed E-state index contributed by atoms with van der Waals surface area (Å²) in [6.07, 6.45) is 2.12. The van der Waals surface area contributed by atoms with Crippen LogP contribution in [0.4, 0.5) is 14.5 Å². The lowest BCUT2D eigenvalue weighted by molar-refractivity contribution is -0.123. The average Bonchev–Trinajstić information content (AvgIpc) is 3.59. The zero-order valence-electron chi connectivity index (χ0n) is 24.5. The van der Waals surface area contributed by atoms with Crippen molar-refractivity contribution in [1.29, 1.82) is 5.26 Å². The molecule has 44 heavy (non-hydrogen) atoms. The Bertz CT molecular complexity index is 1620. The van der Waals surface area contributed by atoms with E-state index in [-0.39, 0.29) is 42.0 Å². The molecule has 2 aromatic carbocycles. The lowest BCUT2D eigenvalue weighted by atomic mass is 9.97. The maximum absolute atomic E-state index is 14.8.